The van der Waals surface area contributed by atoms with Crippen LogP contribution in [0, 0.1) is 19.8 Å². The molecule has 1 aromatic carbocycles. The Bertz CT molecular complexity index is 655. The van der Waals surface area contributed by atoms with Crippen LogP contribution < -0.4 is 10.2 Å². The van der Waals surface area contributed by atoms with Crippen LogP contribution in [0.1, 0.15) is 30.9 Å². The molecule has 1 aliphatic heterocycles. The number of nitrogens with zero attached hydrogens (tertiary/aromatic N) is 4. The van der Waals surface area contributed by atoms with Crippen LogP contribution in [0.3, 0.4) is 0 Å². The Morgan fingerprint density at radius 2 is 2.14 bits per heavy atom. The van der Waals surface area contributed by atoms with Crippen molar-refractivity contribution in [2.75, 3.05) is 23.3 Å². The summed E-state index contributed by atoms with van der Waals surface area (Å²) in [6, 6.07) is 6.31. The van der Waals surface area contributed by atoms with E-state index in [1.54, 1.807) is 6.20 Å². The van der Waals surface area contributed by atoms with Crippen molar-refractivity contribution >= 4 is 17.5 Å². The zero-order valence-corrected chi connectivity index (χ0v) is 13.5. The van der Waals surface area contributed by atoms with E-state index in [2.05, 4.69) is 64.4 Å². The number of aromatic nitrogens is 3. The Kier molecular flexibility index (Phi) is 4.22. The summed E-state index contributed by atoms with van der Waals surface area (Å²) in [5.41, 5.74) is 3.42. The Labute approximate surface area is 131 Å². The van der Waals surface area contributed by atoms with Crippen LogP contribution in [-0.4, -0.2) is 28.3 Å². The number of benzene rings is 1. The maximum Gasteiger partial charge on any atom is 0.249 e. The van der Waals surface area contributed by atoms with Gasteiger partial charge in [-0.2, -0.15) is 10.1 Å². The first-order chi connectivity index (χ1) is 10.6. The lowest BCUT2D eigenvalue weighted by atomic mass is 10.0. The summed E-state index contributed by atoms with van der Waals surface area (Å²) in [6.45, 7) is 8.53. The van der Waals surface area contributed by atoms with Gasteiger partial charge in [-0.15, -0.1) is 5.10 Å². The number of aryl methyl sites for hydroxylation is 2. The number of anilines is 3. The summed E-state index contributed by atoms with van der Waals surface area (Å²) >= 11 is 0. The largest absolute Gasteiger partial charge is 0.355 e. The van der Waals surface area contributed by atoms with Gasteiger partial charge in [-0.1, -0.05) is 19.1 Å². The summed E-state index contributed by atoms with van der Waals surface area (Å²) in [7, 11) is 0. The third-order valence-electron chi connectivity index (χ3n) is 4.17. The van der Waals surface area contributed by atoms with Crippen LogP contribution >= 0.6 is 0 Å². The second-order valence-corrected chi connectivity index (χ2v) is 6.27. The van der Waals surface area contributed by atoms with E-state index >= 15 is 0 Å². The third-order valence-corrected chi connectivity index (χ3v) is 4.17. The molecule has 1 saturated heterocycles. The van der Waals surface area contributed by atoms with Crippen molar-refractivity contribution in [1.29, 1.82) is 0 Å². The predicted octanol–water partition coefficient (Wildman–Crippen LogP) is 3.47. The fraction of sp³-hybridized carbons (Fsp3) is 0.471. The minimum atomic E-state index is 0.560. The van der Waals surface area contributed by atoms with Crippen LogP contribution in [0.2, 0.25) is 0 Å². The molecule has 1 aromatic heterocycles. The average molecular weight is 297 g/mol. The molecule has 22 heavy (non-hydrogen) atoms. The van der Waals surface area contributed by atoms with Gasteiger partial charge in [-0.3, -0.25) is 0 Å². The van der Waals surface area contributed by atoms with E-state index in [4.69, 9.17) is 0 Å². The summed E-state index contributed by atoms with van der Waals surface area (Å²) in [4.78, 5) is 6.94. The maximum absolute atomic E-state index is 4.64. The molecule has 2 heterocycles. The molecule has 1 N–H and O–H groups in total. The molecule has 5 nitrogen and oxygen atoms in total. The second-order valence-electron chi connectivity index (χ2n) is 6.27. The van der Waals surface area contributed by atoms with E-state index in [0.717, 1.165) is 24.6 Å². The SMILES string of the molecule is Cc1ccc(C)c(Nc2nncc(N3CCCC(C)C3)n2)c1. The summed E-state index contributed by atoms with van der Waals surface area (Å²) < 4.78 is 0. The van der Waals surface area contributed by atoms with Crippen LogP contribution in [-0.2, 0) is 0 Å². The molecule has 5 heteroatoms. The zero-order chi connectivity index (χ0) is 15.5. The summed E-state index contributed by atoms with van der Waals surface area (Å²) in [6.07, 6.45) is 4.26. The van der Waals surface area contributed by atoms with Gasteiger partial charge in [-0.25, -0.2) is 0 Å². The molecule has 0 radical (unpaired) electrons. The highest BCUT2D eigenvalue weighted by Crippen LogP contribution is 2.23. The quantitative estimate of drug-likeness (QED) is 0.940. The van der Waals surface area contributed by atoms with Gasteiger partial charge in [0.15, 0.2) is 5.82 Å². The molecule has 1 atom stereocenters. The summed E-state index contributed by atoms with van der Waals surface area (Å²) in [5, 5.41) is 11.5. The molecular weight excluding hydrogens is 274 g/mol. The standard InChI is InChI=1S/C17H23N5/c1-12-6-7-14(3)15(9-12)19-17-20-16(10-18-21-17)22-8-4-5-13(2)11-22/h6-7,9-10,13H,4-5,8,11H2,1-3H3,(H,19,20,21). The number of hydrogen-bond acceptors (Lipinski definition) is 5. The number of piperidine rings is 1. The third kappa shape index (κ3) is 3.35. The van der Waals surface area contributed by atoms with Crippen LogP contribution in [0.15, 0.2) is 24.4 Å². The highest BCUT2D eigenvalue weighted by atomic mass is 15.3. The lowest BCUT2D eigenvalue weighted by molar-refractivity contribution is 0.444. The number of rotatable bonds is 3. The number of nitrogens with one attached hydrogen (secondary N) is 1. The molecule has 3 rings (SSSR count). The van der Waals surface area contributed by atoms with Crippen LogP contribution in [0.4, 0.5) is 17.5 Å². The monoisotopic (exact) mass is 297 g/mol. The van der Waals surface area contributed by atoms with E-state index in [9.17, 15) is 0 Å². The van der Waals surface area contributed by atoms with Gasteiger partial charge in [0.2, 0.25) is 5.95 Å². The first-order valence-electron chi connectivity index (χ1n) is 7.91. The highest BCUT2D eigenvalue weighted by Gasteiger charge is 2.18. The van der Waals surface area contributed by atoms with E-state index in [1.807, 2.05) is 0 Å². The molecule has 116 valence electrons. The molecule has 2 aromatic rings. The predicted molar refractivity (Wildman–Crippen MR) is 89.6 cm³/mol. The number of hydrogen-bond donors (Lipinski definition) is 1. The topological polar surface area (TPSA) is 53.9 Å². The normalized spacial score (nSPS) is 18.3. The zero-order valence-electron chi connectivity index (χ0n) is 13.5. The highest BCUT2D eigenvalue weighted by molar-refractivity contribution is 5.59. The van der Waals surface area contributed by atoms with E-state index in [1.165, 1.54) is 24.0 Å². The molecule has 0 spiro atoms. The Morgan fingerprint density at radius 3 is 2.95 bits per heavy atom. The van der Waals surface area contributed by atoms with Crippen LogP contribution in [0.5, 0.6) is 0 Å². The van der Waals surface area contributed by atoms with Crippen molar-refractivity contribution in [2.24, 2.45) is 5.92 Å². The van der Waals surface area contributed by atoms with E-state index in [0.29, 0.717) is 11.9 Å². The van der Waals surface area contributed by atoms with Crippen molar-refractivity contribution in [1.82, 2.24) is 15.2 Å². The van der Waals surface area contributed by atoms with Crippen molar-refractivity contribution in [3.8, 4) is 0 Å². The van der Waals surface area contributed by atoms with Gasteiger partial charge in [-0.05, 0) is 49.8 Å². The fourth-order valence-electron chi connectivity index (χ4n) is 2.89. The second kappa shape index (κ2) is 6.30. The molecule has 0 amide bonds. The minimum Gasteiger partial charge on any atom is -0.355 e. The maximum atomic E-state index is 4.64. The van der Waals surface area contributed by atoms with E-state index in [-0.39, 0.29) is 0 Å². The molecular formula is C17H23N5. The average Bonchev–Trinajstić information content (AvgIpc) is 2.51. The van der Waals surface area contributed by atoms with Gasteiger partial charge < -0.3 is 10.2 Å². The van der Waals surface area contributed by atoms with Crippen molar-refractivity contribution < 1.29 is 0 Å². The van der Waals surface area contributed by atoms with Gasteiger partial charge in [0.05, 0.1) is 6.20 Å². The van der Waals surface area contributed by atoms with Crippen molar-refractivity contribution in [3.05, 3.63) is 35.5 Å². The molecule has 1 unspecified atom stereocenters. The Morgan fingerprint density at radius 1 is 1.27 bits per heavy atom. The molecule has 0 bridgehead atoms. The van der Waals surface area contributed by atoms with Crippen LogP contribution in [0.25, 0.3) is 0 Å². The lowest BCUT2D eigenvalue weighted by Gasteiger charge is -2.31. The Balaban J connectivity index is 1.80. The van der Waals surface area contributed by atoms with Gasteiger partial charge >= 0.3 is 0 Å². The molecule has 1 fully saturated rings. The first-order valence-corrected chi connectivity index (χ1v) is 7.91. The van der Waals surface area contributed by atoms with E-state index < -0.39 is 0 Å². The van der Waals surface area contributed by atoms with Gasteiger partial charge in [0.1, 0.15) is 0 Å². The van der Waals surface area contributed by atoms with Gasteiger partial charge in [0, 0.05) is 18.8 Å². The first kappa shape index (κ1) is 14.8. The lowest BCUT2D eigenvalue weighted by Crippen LogP contribution is -2.35. The minimum absolute atomic E-state index is 0.560. The molecule has 0 saturated carbocycles. The molecule has 1 aliphatic rings. The fourth-order valence-corrected chi connectivity index (χ4v) is 2.89. The smallest absolute Gasteiger partial charge is 0.249 e. The Hall–Kier alpha value is -2.17. The molecule has 0 aliphatic carbocycles. The van der Waals surface area contributed by atoms with Crippen molar-refractivity contribution in [2.45, 2.75) is 33.6 Å². The van der Waals surface area contributed by atoms with Crippen molar-refractivity contribution in [3.63, 3.8) is 0 Å². The summed E-state index contributed by atoms with van der Waals surface area (Å²) in [5.74, 6) is 2.18. The van der Waals surface area contributed by atoms with Gasteiger partial charge in [0.25, 0.3) is 0 Å².